The van der Waals surface area contributed by atoms with Gasteiger partial charge in [0, 0.05) is 16.3 Å². The number of carbonyl (C=O) groups excluding carboxylic acids is 1. The summed E-state index contributed by atoms with van der Waals surface area (Å²) in [4.78, 5) is 19.8. The van der Waals surface area contributed by atoms with E-state index in [0.717, 1.165) is 41.8 Å². The van der Waals surface area contributed by atoms with Crippen molar-refractivity contribution < 1.29 is 9.18 Å². The second-order valence-electron chi connectivity index (χ2n) is 9.71. The third-order valence-electron chi connectivity index (χ3n) is 7.34. The van der Waals surface area contributed by atoms with Crippen LogP contribution < -0.4 is 0 Å². The molecular formula is C30H26FN3OS. The number of aromatic nitrogens is 3. The predicted octanol–water partition coefficient (Wildman–Crippen LogP) is 6.87. The smallest absolute Gasteiger partial charge is 0.191 e. The summed E-state index contributed by atoms with van der Waals surface area (Å²) in [6, 6.07) is 20.5. The normalized spacial score (nSPS) is 20.8. The van der Waals surface area contributed by atoms with E-state index in [0.29, 0.717) is 17.4 Å². The molecule has 2 aliphatic rings. The third kappa shape index (κ3) is 4.09. The predicted molar refractivity (Wildman–Crippen MR) is 141 cm³/mol. The van der Waals surface area contributed by atoms with Gasteiger partial charge in [0.15, 0.2) is 5.78 Å². The Labute approximate surface area is 214 Å². The Morgan fingerprint density at radius 2 is 1.89 bits per heavy atom. The number of ketones is 1. The summed E-state index contributed by atoms with van der Waals surface area (Å²) < 4.78 is 15.4. The lowest BCUT2D eigenvalue weighted by Gasteiger charge is -2.43. The standard InChI is InChI=1S/C30H26FN3OS/c1-20-5-12-25(13-6-20)36-26-14-7-22-16-28-21(19-33-34(28)24-10-8-23(31)9-11-24)17-30(22,18-26)29(35)27-4-2-3-15-32-27/h2-6,8-13,15-16,19,26H,7,14,17-18H2,1H3/t26-,30+/m1/s1. The first-order valence-corrected chi connectivity index (χ1v) is 13.1. The summed E-state index contributed by atoms with van der Waals surface area (Å²) in [5.74, 6) is -0.189. The van der Waals surface area contributed by atoms with E-state index in [1.807, 2.05) is 40.8 Å². The molecule has 2 heterocycles. The van der Waals surface area contributed by atoms with E-state index < -0.39 is 5.41 Å². The minimum Gasteiger partial charge on any atom is -0.291 e. The molecule has 2 aromatic carbocycles. The molecule has 4 nitrogen and oxygen atoms in total. The Bertz CT molecular complexity index is 1440. The minimum atomic E-state index is -0.640. The molecule has 6 rings (SSSR count). The number of pyridine rings is 1. The average Bonchev–Trinajstić information content (AvgIpc) is 3.31. The number of thioether (sulfide) groups is 1. The van der Waals surface area contributed by atoms with Gasteiger partial charge in [0.2, 0.25) is 0 Å². The summed E-state index contributed by atoms with van der Waals surface area (Å²) in [6.45, 7) is 2.10. The first-order valence-electron chi connectivity index (χ1n) is 12.2. The lowest BCUT2D eigenvalue weighted by Crippen LogP contribution is -2.43. The number of nitrogens with zero attached hydrogens (tertiary/aromatic N) is 3. The van der Waals surface area contributed by atoms with Gasteiger partial charge in [-0.1, -0.05) is 29.3 Å². The number of benzene rings is 2. The monoisotopic (exact) mass is 495 g/mol. The van der Waals surface area contributed by atoms with Crippen LogP contribution in [-0.4, -0.2) is 25.8 Å². The second-order valence-corrected chi connectivity index (χ2v) is 11.1. The number of fused-ring (bicyclic) bond motifs is 2. The van der Waals surface area contributed by atoms with Gasteiger partial charge in [0.1, 0.15) is 11.5 Å². The zero-order valence-electron chi connectivity index (χ0n) is 20.0. The van der Waals surface area contributed by atoms with Gasteiger partial charge >= 0.3 is 0 Å². The fourth-order valence-electron chi connectivity index (χ4n) is 5.50. The van der Waals surface area contributed by atoms with Crippen LogP contribution in [-0.2, 0) is 6.42 Å². The van der Waals surface area contributed by atoms with Gasteiger partial charge in [-0.25, -0.2) is 9.07 Å². The summed E-state index contributed by atoms with van der Waals surface area (Å²) in [7, 11) is 0. The Kier molecular flexibility index (Phi) is 5.84. The zero-order chi connectivity index (χ0) is 24.7. The summed E-state index contributed by atoms with van der Waals surface area (Å²) in [5, 5.41) is 4.96. The fraction of sp³-hybridized carbons (Fsp3) is 0.233. The topological polar surface area (TPSA) is 47.8 Å². The van der Waals surface area contributed by atoms with E-state index >= 15 is 0 Å². The Morgan fingerprint density at radius 3 is 2.64 bits per heavy atom. The fourth-order valence-corrected chi connectivity index (χ4v) is 6.79. The van der Waals surface area contributed by atoms with Crippen molar-refractivity contribution in [1.82, 2.24) is 14.8 Å². The number of rotatable bonds is 5. The molecule has 1 saturated carbocycles. The minimum absolute atomic E-state index is 0.0868. The van der Waals surface area contributed by atoms with E-state index in [1.165, 1.54) is 22.6 Å². The molecule has 0 spiro atoms. The number of carbonyl (C=O) groups is 1. The lowest BCUT2D eigenvalue weighted by atomic mass is 9.61. The average molecular weight is 496 g/mol. The van der Waals surface area contributed by atoms with Crippen LogP contribution in [0.4, 0.5) is 4.39 Å². The van der Waals surface area contributed by atoms with Crippen LogP contribution in [0.5, 0.6) is 0 Å². The van der Waals surface area contributed by atoms with Gasteiger partial charge in [-0.05, 0) is 92.8 Å². The number of hydrogen-bond acceptors (Lipinski definition) is 4. The van der Waals surface area contributed by atoms with Crippen LogP contribution >= 0.6 is 11.8 Å². The highest BCUT2D eigenvalue weighted by Gasteiger charge is 2.49. The van der Waals surface area contributed by atoms with Crippen molar-refractivity contribution in [3.05, 3.63) is 113 Å². The molecule has 0 saturated heterocycles. The van der Waals surface area contributed by atoms with Crippen molar-refractivity contribution >= 4 is 23.6 Å². The van der Waals surface area contributed by atoms with Crippen LogP contribution in [0.1, 0.15) is 46.6 Å². The Balaban J connectivity index is 1.39. The van der Waals surface area contributed by atoms with E-state index in [-0.39, 0.29) is 11.6 Å². The van der Waals surface area contributed by atoms with Crippen molar-refractivity contribution in [2.45, 2.75) is 42.8 Å². The van der Waals surface area contributed by atoms with Crippen molar-refractivity contribution in [2.24, 2.45) is 5.41 Å². The molecule has 1 fully saturated rings. The van der Waals surface area contributed by atoms with Crippen molar-refractivity contribution in [1.29, 1.82) is 0 Å². The van der Waals surface area contributed by atoms with Gasteiger partial charge in [-0.3, -0.25) is 9.78 Å². The highest BCUT2D eigenvalue weighted by Crippen LogP contribution is 2.52. The van der Waals surface area contributed by atoms with E-state index in [9.17, 15) is 9.18 Å². The molecule has 6 heteroatoms. The molecule has 180 valence electrons. The zero-order valence-corrected chi connectivity index (χ0v) is 20.8. The van der Waals surface area contributed by atoms with Gasteiger partial charge in [0.25, 0.3) is 0 Å². The maximum atomic E-state index is 14.1. The summed E-state index contributed by atoms with van der Waals surface area (Å²) in [5.41, 5.74) is 5.08. The van der Waals surface area contributed by atoms with Crippen LogP contribution in [0, 0.1) is 18.2 Å². The number of hydrogen-bond donors (Lipinski definition) is 0. The molecule has 0 aliphatic heterocycles. The molecule has 0 bridgehead atoms. The molecule has 2 aliphatic carbocycles. The Morgan fingerprint density at radius 1 is 1.08 bits per heavy atom. The quantitative estimate of drug-likeness (QED) is 0.284. The van der Waals surface area contributed by atoms with Crippen LogP contribution in [0.3, 0.4) is 0 Å². The van der Waals surface area contributed by atoms with E-state index in [4.69, 9.17) is 0 Å². The summed E-state index contributed by atoms with van der Waals surface area (Å²) >= 11 is 1.87. The Hall–Kier alpha value is -3.51. The SMILES string of the molecule is Cc1ccc(S[C@@H]2CCC3=Cc4c(cnn4-c4ccc(F)cc4)C[C@]3(C(=O)c3ccccn3)C2)cc1. The molecule has 2 atom stereocenters. The second kappa shape index (κ2) is 9.17. The lowest BCUT2D eigenvalue weighted by molar-refractivity contribution is 0.0798. The number of halogens is 1. The first-order chi connectivity index (χ1) is 17.5. The molecule has 0 unspecified atom stereocenters. The van der Waals surface area contributed by atoms with Crippen LogP contribution in [0.15, 0.2) is 89.6 Å². The van der Waals surface area contributed by atoms with Crippen molar-refractivity contribution in [3.8, 4) is 5.69 Å². The molecule has 4 aromatic rings. The summed E-state index contributed by atoms with van der Waals surface area (Å²) in [6.07, 6.45) is 8.90. The first kappa shape index (κ1) is 22.9. The molecule has 0 radical (unpaired) electrons. The van der Waals surface area contributed by atoms with E-state index in [2.05, 4.69) is 47.3 Å². The van der Waals surface area contributed by atoms with Gasteiger partial charge in [-0.2, -0.15) is 5.10 Å². The number of Topliss-reactive ketones (excluding diaryl/α,β-unsaturated/α-hetero) is 1. The maximum absolute atomic E-state index is 14.1. The third-order valence-corrected chi connectivity index (χ3v) is 8.62. The molecule has 0 amide bonds. The van der Waals surface area contributed by atoms with Crippen LogP contribution in [0.2, 0.25) is 0 Å². The van der Waals surface area contributed by atoms with Crippen molar-refractivity contribution in [2.75, 3.05) is 0 Å². The molecule has 2 aromatic heterocycles. The van der Waals surface area contributed by atoms with Gasteiger partial charge in [-0.15, -0.1) is 11.8 Å². The van der Waals surface area contributed by atoms with E-state index in [1.54, 1.807) is 18.3 Å². The highest BCUT2D eigenvalue weighted by molar-refractivity contribution is 8.00. The number of allylic oxidation sites excluding steroid dienone is 1. The molecular weight excluding hydrogens is 469 g/mol. The van der Waals surface area contributed by atoms with Gasteiger partial charge < -0.3 is 0 Å². The van der Waals surface area contributed by atoms with Crippen LogP contribution in [0.25, 0.3) is 11.8 Å². The number of aryl methyl sites for hydroxylation is 1. The van der Waals surface area contributed by atoms with Gasteiger partial charge in [0.05, 0.1) is 23.0 Å². The highest BCUT2D eigenvalue weighted by atomic mass is 32.2. The molecule has 0 N–H and O–H groups in total. The largest absolute Gasteiger partial charge is 0.291 e. The maximum Gasteiger partial charge on any atom is 0.191 e. The molecule has 36 heavy (non-hydrogen) atoms. The van der Waals surface area contributed by atoms with Crippen molar-refractivity contribution in [3.63, 3.8) is 0 Å².